The first-order valence-corrected chi connectivity index (χ1v) is 4.44. The van der Waals surface area contributed by atoms with Crippen LogP contribution in [0.2, 0.25) is 0 Å². The van der Waals surface area contributed by atoms with Gasteiger partial charge >= 0.3 is 5.97 Å². The number of rotatable bonds is 2. The van der Waals surface area contributed by atoms with Crippen molar-refractivity contribution >= 4 is 5.97 Å². The smallest absolute Gasteiger partial charge is 0.341 e. The molecule has 5 heteroatoms. The molecule has 0 fully saturated rings. The molecule has 0 aliphatic carbocycles. The van der Waals surface area contributed by atoms with E-state index in [1.807, 2.05) is 19.9 Å². The second kappa shape index (κ2) is 3.27. The van der Waals surface area contributed by atoms with Gasteiger partial charge in [0.15, 0.2) is 5.76 Å². The molecule has 0 aliphatic rings. The lowest BCUT2D eigenvalue weighted by atomic mass is 10.1. The maximum absolute atomic E-state index is 10.9. The van der Waals surface area contributed by atoms with Crippen molar-refractivity contribution in [2.24, 2.45) is 0 Å². The SMILES string of the molecule is Cc1cc(-c2oncc2C(=O)O)c(C)[nH]1. The second-order valence-corrected chi connectivity index (χ2v) is 3.36. The van der Waals surface area contributed by atoms with Gasteiger partial charge in [-0.25, -0.2) is 4.79 Å². The number of aromatic nitrogens is 2. The van der Waals surface area contributed by atoms with E-state index in [0.29, 0.717) is 5.76 Å². The fraction of sp³-hybridized carbons (Fsp3) is 0.200. The number of carbonyl (C=O) groups is 1. The number of hydrogen-bond acceptors (Lipinski definition) is 3. The Hall–Kier alpha value is -2.04. The summed E-state index contributed by atoms with van der Waals surface area (Å²) in [5.41, 5.74) is 2.64. The largest absolute Gasteiger partial charge is 0.477 e. The van der Waals surface area contributed by atoms with E-state index in [-0.39, 0.29) is 5.56 Å². The third kappa shape index (κ3) is 1.52. The summed E-state index contributed by atoms with van der Waals surface area (Å²) in [6.07, 6.45) is 1.21. The summed E-state index contributed by atoms with van der Waals surface area (Å²) in [5.74, 6) is -0.742. The third-order valence-corrected chi connectivity index (χ3v) is 2.19. The van der Waals surface area contributed by atoms with Crippen molar-refractivity contribution in [1.29, 1.82) is 0 Å². The highest BCUT2D eigenvalue weighted by Gasteiger charge is 2.19. The van der Waals surface area contributed by atoms with Crippen LogP contribution in [0.4, 0.5) is 0 Å². The molecular weight excluding hydrogens is 196 g/mol. The predicted molar refractivity (Wildman–Crippen MR) is 52.7 cm³/mol. The van der Waals surface area contributed by atoms with E-state index in [0.717, 1.165) is 17.0 Å². The highest BCUT2D eigenvalue weighted by atomic mass is 16.5. The van der Waals surface area contributed by atoms with Crippen molar-refractivity contribution in [3.63, 3.8) is 0 Å². The van der Waals surface area contributed by atoms with Gasteiger partial charge in [-0.15, -0.1) is 0 Å². The van der Waals surface area contributed by atoms with Crippen LogP contribution in [0, 0.1) is 13.8 Å². The molecule has 0 aromatic carbocycles. The van der Waals surface area contributed by atoms with Gasteiger partial charge in [-0.3, -0.25) is 0 Å². The number of aryl methyl sites for hydroxylation is 2. The molecule has 0 radical (unpaired) electrons. The third-order valence-electron chi connectivity index (χ3n) is 2.19. The lowest BCUT2D eigenvalue weighted by Crippen LogP contribution is -1.95. The average Bonchev–Trinajstić information content (AvgIpc) is 2.71. The fourth-order valence-electron chi connectivity index (χ4n) is 1.55. The van der Waals surface area contributed by atoms with Gasteiger partial charge in [0.25, 0.3) is 0 Å². The quantitative estimate of drug-likeness (QED) is 0.787. The standard InChI is InChI=1S/C10H10N2O3/c1-5-3-7(6(2)12-5)9-8(10(13)14)4-11-15-9/h3-4,12H,1-2H3,(H,13,14). The molecule has 2 heterocycles. The van der Waals surface area contributed by atoms with E-state index in [2.05, 4.69) is 10.1 Å². The van der Waals surface area contributed by atoms with E-state index in [4.69, 9.17) is 9.63 Å². The number of aromatic amines is 1. The maximum atomic E-state index is 10.9. The molecule has 15 heavy (non-hydrogen) atoms. The summed E-state index contributed by atoms with van der Waals surface area (Å²) in [6, 6.07) is 1.84. The molecule has 5 nitrogen and oxygen atoms in total. The van der Waals surface area contributed by atoms with Gasteiger partial charge < -0.3 is 14.6 Å². The number of hydrogen-bond donors (Lipinski definition) is 2. The van der Waals surface area contributed by atoms with Crippen LogP contribution in [0.5, 0.6) is 0 Å². The minimum absolute atomic E-state index is 0.0806. The molecule has 2 N–H and O–H groups in total. The van der Waals surface area contributed by atoms with E-state index < -0.39 is 5.97 Å². The first-order chi connectivity index (χ1) is 7.09. The molecule has 0 atom stereocenters. The van der Waals surface area contributed by atoms with Crippen molar-refractivity contribution in [2.45, 2.75) is 13.8 Å². The van der Waals surface area contributed by atoms with Crippen LogP contribution >= 0.6 is 0 Å². The van der Waals surface area contributed by atoms with Gasteiger partial charge in [0.1, 0.15) is 5.56 Å². The normalized spacial score (nSPS) is 10.5. The minimum atomic E-state index is -1.04. The first kappa shape index (κ1) is 9.51. The Morgan fingerprint density at radius 2 is 2.27 bits per heavy atom. The number of carboxylic acids is 1. The van der Waals surface area contributed by atoms with Crippen molar-refractivity contribution in [2.75, 3.05) is 0 Å². The zero-order valence-electron chi connectivity index (χ0n) is 8.37. The van der Waals surface area contributed by atoms with Gasteiger partial charge in [0.2, 0.25) is 0 Å². The highest BCUT2D eigenvalue weighted by Crippen LogP contribution is 2.27. The summed E-state index contributed by atoms with van der Waals surface area (Å²) >= 11 is 0. The Morgan fingerprint density at radius 3 is 2.80 bits per heavy atom. The Kier molecular flexibility index (Phi) is 2.07. The molecule has 0 saturated heterocycles. The molecule has 2 aromatic rings. The molecule has 0 saturated carbocycles. The number of aromatic carboxylic acids is 1. The Bertz CT molecular complexity index is 510. The summed E-state index contributed by atoms with van der Waals surface area (Å²) in [7, 11) is 0. The van der Waals surface area contributed by atoms with Crippen LogP contribution in [-0.4, -0.2) is 21.2 Å². The topological polar surface area (TPSA) is 79.1 Å². The molecule has 0 amide bonds. The van der Waals surface area contributed by atoms with Crippen LogP contribution in [0.25, 0.3) is 11.3 Å². The van der Waals surface area contributed by atoms with E-state index >= 15 is 0 Å². The Labute approximate surface area is 85.7 Å². The molecule has 0 unspecified atom stereocenters. The van der Waals surface area contributed by atoms with Crippen molar-refractivity contribution in [3.8, 4) is 11.3 Å². The van der Waals surface area contributed by atoms with Gasteiger partial charge in [-0.2, -0.15) is 0 Å². The lowest BCUT2D eigenvalue weighted by molar-refractivity contribution is 0.0697. The zero-order chi connectivity index (χ0) is 11.0. The first-order valence-electron chi connectivity index (χ1n) is 4.44. The summed E-state index contributed by atoms with van der Waals surface area (Å²) in [4.78, 5) is 13.9. The second-order valence-electron chi connectivity index (χ2n) is 3.36. The lowest BCUT2D eigenvalue weighted by Gasteiger charge is -1.94. The van der Waals surface area contributed by atoms with Crippen molar-refractivity contribution in [1.82, 2.24) is 10.1 Å². The van der Waals surface area contributed by atoms with Crippen LogP contribution in [0.1, 0.15) is 21.7 Å². The minimum Gasteiger partial charge on any atom is -0.477 e. The fourth-order valence-corrected chi connectivity index (χ4v) is 1.55. The van der Waals surface area contributed by atoms with Crippen LogP contribution in [0.15, 0.2) is 16.8 Å². The van der Waals surface area contributed by atoms with Gasteiger partial charge in [-0.05, 0) is 19.9 Å². The predicted octanol–water partition coefficient (Wildman–Crippen LogP) is 1.98. The van der Waals surface area contributed by atoms with Crippen LogP contribution in [0.3, 0.4) is 0 Å². The number of nitrogens with one attached hydrogen (secondary N) is 1. The Morgan fingerprint density at radius 1 is 1.53 bits per heavy atom. The Balaban J connectivity index is 2.58. The summed E-state index contributed by atoms with van der Waals surface area (Å²) < 4.78 is 4.96. The number of H-pyrrole nitrogens is 1. The van der Waals surface area contributed by atoms with Crippen molar-refractivity contribution in [3.05, 3.63) is 29.2 Å². The van der Waals surface area contributed by atoms with Gasteiger partial charge in [-0.1, -0.05) is 5.16 Å². The number of nitrogens with zero attached hydrogens (tertiary/aromatic N) is 1. The molecule has 0 spiro atoms. The van der Waals surface area contributed by atoms with E-state index in [1.54, 1.807) is 0 Å². The molecular formula is C10H10N2O3. The maximum Gasteiger partial charge on any atom is 0.341 e. The zero-order valence-corrected chi connectivity index (χ0v) is 8.37. The molecule has 78 valence electrons. The monoisotopic (exact) mass is 206 g/mol. The molecule has 0 bridgehead atoms. The summed E-state index contributed by atoms with van der Waals surface area (Å²) in [6.45, 7) is 3.75. The average molecular weight is 206 g/mol. The van der Waals surface area contributed by atoms with E-state index in [9.17, 15) is 4.79 Å². The molecule has 2 rings (SSSR count). The van der Waals surface area contributed by atoms with Gasteiger partial charge in [0.05, 0.1) is 6.20 Å². The highest BCUT2D eigenvalue weighted by molar-refractivity contribution is 5.94. The van der Waals surface area contributed by atoms with Crippen molar-refractivity contribution < 1.29 is 14.4 Å². The van der Waals surface area contributed by atoms with Gasteiger partial charge in [0, 0.05) is 17.0 Å². The van der Waals surface area contributed by atoms with Crippen LogP contribution < -0.4 is 0 Å². The number of carboxylic acid groups (broad SMARTS) is 1. The molecule has 0 aliphatic heterocycles. The summed E-state index contributed by atoms with van der Waals surface area (Å²) in [5, 5.41) is 12.4. The molecule has 2 aromatic heterocycles. The van der Waals surface area contributed by atoms with Crippen LogP contribution in [-0.2, 0) is 0 Å². The van der Waals surface area contributed by atoms with E-state index in [1.165, 1.54) is 6.20 Å².